The number of fused-ring (bicyclic) bond motifs is 2. The van der Waals surface area contributed by atoms with Gasteiger partial charge in [0, 0.05) is 6.42 Å². The Hall–Kier alpha value is -0.340. The summed E-state index contributed by atoms with van der Waals surface area (Å²) in [6.45, 7) is 0. The molecule has 0 aromatic heterocycles. The van der Waals surface area contributed by atoms with Crippen LogP contribution in [0, 0.1) is 17.8 Å². The largest absolute Gasteiger partial charge is 0.368 e. The Morgan fingerprint density at radius 2 is 2.09 bits per heavy atom. The summed E-state index contributed by atoms with van der Waals surface area (Å²) in [7, 11) is 0. The van der Waals surface area contributed by atoms with Crippen molar-refractivity contribution in [1.82, 2.24) is 0 Å². The minimum atomic E-state index is -1.10. The van der Waals surface area contributed by atoms with E-state index in [9.17, 15) is 0 Å². The summed E-state index contributed by atoms with van der Waals surface area (Å²) in [6.07, 6.45) is 6.38. The van der Waals surface area contributed by atoms with Gasteiger partial charge in [0.05, 0.1) is 0 Å². The van der Waals surface area contributed by atoms with Crippen LogP contribution < -0.4 is 0 Å². The minimum Gasteiger partial charge on any atom is -0.368 e. The molecule has 2 bridgehead atoms. The van der Waals surface area contributed by atoms with Crippen LogP contribution in [0.2, 0.25) is 0 Å². The van der Waals surface area contributed by atoms with Gasteiger partial charge in [-0.25, -0.2) is 0 Å². The van der Waals surface area contributed by atoms with Crippen molar-refractivity contribution in [3.63, 3.8) is 0 Å². The number of hydrogen-bond donors (Lipinski definition) is 2. The summed E-state index contributed by atoms with van der Waals surface area (Å²) in [5, 5.41) is 17.5. The molecule has 2 N–H and O–H groups in total. The fraction of sp³-hybridized carbons (Fsp3) is 0.778. The second-order valence-corrected chi connectivity index (χ2v) is 3.76. The third-order valence-electron chi connectivity index (χ3n) is 2.93. The molecule has 0 spiro atoms. The first-order chi connectivity index (χ1) is 5.25. The molecule has 2 heteroatoms. The van der Waals surface area contributed by atoms with Crippen LogP contribution in [0.5, 0.6) is 0 Å². The molecule has 62 valence electrons. The first-order valence-corrected chi connectivity index (χ1v) is 4.30. The van der Waals surface area contributed by atoms with Crippen molar-refractivity contribution in [1.29, 1.82) is 0 Å². The van der Waals surface area contributed by atoms with Crippen LogP contribution in [0.15, 0.2) is 12.2 Å². The maximum Gasteiger partial charge on any atom is 0.151 e. The van der Waals surface area contributed by atoms with Gasteiger partial charge in [0.15, 0.2) is 6.29 Å². The van der Waals surface area contributed by atoms with Crippen molar-refractivity contribution in [3.05, 3.63) is 12.2 Å². The molecule has 3 unspecified atom stereocenters. The molecule has 1 saturated carbocycles. The Labute approximate surface area is 66.5 Å². The normalized spacial score (nSPS) is 40.8. The molecule has 3 atom stereocenters. The molecule has 0 heterocycles. The molecule has 0 aromatic carbocycles. The smallest absolute Gasteiger partial charge is 0.151 e. The highest BCUT2D eigenvalue weighted by Gasteiger charge is 2.35. The summed E-state index contributed by atoms with van der Waals surface area (Å²) in [5.74, 6) is 1.91. The van der Waals surface area contributed by atoms with E-state index in [0.29, 0.717) is 18.3 Å². The maximum absolute atomic E-state index is 8.77. The Bertz CT molecular complexity index is 174. The first-order valence-electron chi connectivity index (χ1n) is 4.30. The molecule has 0 aromatic rings. The predicted octanol–water partition coefficient (Wildman–Crippen LogP) is 0.899. The van der Waals surface area contributed by atoms with Gasteiger partial charge in [0.1, 0.15) is 0 Å². The van der Waals surface area contributed by atoms with Gasteiger partial charge >= 0.3 is 0 Å². The fourth-order valence-electron chi connectivity index (χ4n) is 2.44. The average molecular weight is 154 g/mol. The quantitative estimate of drug-likeness (QED) is 0.458. The van der Waals surface area contributed by atoms with Crippen molar-refractivity contribution < 1.29 is 10.2 Å². The second-order valence-electron chi connectivity index (χ2n) is 3.76. The molecule has 0 aliphatic heterocycles. The lowest BCUT2D eigenvalue weighted by atomic mass is 9.90. The van der Waals surface area contributed by atoms with Gasteiger partial charge < -0.3 is 10.2 Å². The van der Waals surface area contributed by atoms with Gasteiger partial charge in [0.25, 0.3) is 0 Å². The lowest BCUT2D eigenvalue weighted by molar-refractivity contribution is -0.0580. The highest BCUT2D eigenvalue weighted by Crippen LogP contribution is 2.45. The molecule has 0 amide bonds. The van der Waals surface area contributed by atoms with Crippen LogP contribution in [-0.2, 0) is 0 Å². The molecule has 0 saturated heterocycles. The zero-order valence-corrected chi connectivity index (χ0v) is 6.48. The number of aliphatic hydroxyl groups excluding tert-OH is 1. The molecule has 2 aliphatic carbocycles. The maximum atomic E-state index is 8.77. The molecule has 1 fully saturated rings. The third-order valence-corrected chi connectivity index (χ3v) is 2.93. The molecule has 11 heavy (non-hydrogen) atoms. The van der Waals surface area contributed by atoms with Crippen molar-refractivity contribution in [3.8, 4) is 0 Å². The highest BCUT2D eigenvalue weighted by molar-refractivity contribution is 5.09. The van der Waals surface area contributed by atoms with Crippen molar-refractivity contribution in [2.45, 2.75) is 25.6 Å². The van der Waals surface area contributed by atoms with Gasteiger partial charge in [-0.05, 0) is 30.6 Å². The lowest BCUT2D eigenvalue weighted by Gasteiger charge is -2.18. The number of hydrogen-bond acceptors (Lipinski definition) is 2. The van der Waals surface area contributed by atoms with Gasteiger partial charge in [-0.15, -0.1) is 0 Å². The minimum absolute atomic E-state index is 0.532. The average Bonchev–Trinajstić information content (AvgIpc) is 2.45. The van der Waals surface area contributed by atoms with E-state index in [1.54, 1.807) is 0 Å². The summed E-state index contributed by atoms with van der Waals surface area (Å²) in [6, 6.07) is 0. The van der Waals surface area contributed by atoms with E-state index in [1.807, 2.05) is 0 Å². The fourth-order valence-corrected chi connectivity index (χ4v) is 2.44. The van der Waals surface area contributed by atoms with Crippen LogP contribution in [0.3, 0.4) is 0 Å². The molecule has 0 radical (unpaired) electrons. The molecule has 2 rings (SSSR count). The van der Waals surface area contributed by atoms with Crippen LogP contribution in [0.4, 0.5) is 0 Å². The number of rotatable bonds is 2. The van der Waals surface area contributed by atoms with Gasteiger partial charge in [-0.2, -0.15) is 0 Å². The topological polar surface area (TPSA) is 40.5 Å². The van der Waals surface area contributed by atoms with E-state index in [4.69, 9.17) is 10.2 Å². The summed E-state index contributed by atoms with van der Waals surface area (Å²) < 4.78 is 0. The third kappa shape index (κ3) is 1.33. The van der Waals surface area contributed by atoms with Crippen LogP contribution in [0.1, 0.15) is 19.3 Å². The van der Waals surface area contributed by atoms with Crippen LogP contribution >= 0.6 is 0 Å². The zero-order chi connectivity index (χ0) is 7.84. The summed E-state index contributed by atoms with van der Waals surface area (Å²) in [4.78, 5) is 0. The van der Waals surface area contributed by atoms with Gasteiger partial charge in [0.2, 0.25) is 0 Å². The molecular weight excluding hydrogens is 140 g/mol. The van der Waals surface area contributed by atoms with Crippen LogP contribution in [0.25, 0.3) is 0 Å². The monoisotopic (exact) mass is 154 g/mol. The van der Waals surface area contributed by atoms with Crippen molar-refractivity contribution >= 4 is 0 Å². The standard InChI is InChI=1S/C9H14O2/c10-9(11)5-8-4-6-1-2-7(8)3-6/h1-2,6-11H,3-5H2. The van der Waals surface area contributed by atoms with Crippen molar-refractivity contribution in [2.24, 2.45) is 17.8 Å². The Morgan fingerprint density at radius 3 is 2.55 bits per heavy atom. The van der Waals surface area contributed by atoms with E-state index < -0.39 is 6.29 Å². The Morgan fingerprint density at radius 1 is 1.27 bits per heavy atom. The predicted molar refractivity (Wildman–Crippen MR) is 41.7 cm³/mol. The zero-order valence-electron chi connectivity index (χ0n) is 6.48. The van der Waals surface area contributed by atoms with Crippen LogP contribution in [-0.4, -0.2) is 16.5 Å². The molecule has 2 aliphatic rings. The number of allylic oxidation sites excluding steroid dienone is 2. The highest BCUT2D eigenvalue weighted by atomic mass is 16.5. The van der Waals surface area contributed by atoms with E-state index in [-0.39, 0.29) is 0 Å². The summed E-state index contributed by atoms with van der Waals surface area (Å²) >= 11 is 0. The summed E-state index contributed by atoms with van der Waals surface area (Å²) in [5.41, 5.74) is 0. The number of aliphatic hydroxyl groups is 2. The Balaban J connectivity index is 1.93. The van der Waals surface area contributed by atoms with E-state index >= 15 is 0 Å². The SMILES string of the molecule is OC(O)CC1CC2C=CC1C2. The van der Waals surface area contributed by atoms with E-state index in [1.165, 1.54) is 12.8 Å². The van der Waals surface area contributed by atoms with E-state index in [2.05, 4.69) is 12.2 Å². The first kappa shape index (κ1) is 7.32. The van der Waals surface area contributed by atoms with Gasteiger partial charge in [-0.1, -0.05) is 12.2 Å². The Kier molecular flexibility index (Phi) is 1.74. The second kappa shape index (κ2) is 2.61. The van der Waals surface area contributed by atoms with E-state index in [0.717, 1.165) is 5.92 Å². The van der Waals surface area contributed by atoms with Crippen molar-refractivity contribution in [2.75, 3.05) is 0 Å². The van der Waals surface area contributed by atoms with Gasteiger partial charge in [-0.3, -0.25) is 0 Å². The molecule has 2 nitrogen and oxygen atoms in total. The molecular formula is C9H14O2. The lowest BCUT2D eigenvalue weighted by Crippen LogP contribution is -2.15.